The fourth-order valence-corrected chi connectivity index (χ4v) is 6.76. The fraction of sp³-hybridized carbons (Fsp3) is 0.400. The van der Waals surface area contributed by atoms with Crippen LogP contribution in [-0.4, -0.2) is 43.0 Å². The summed E-state index contributed by atoms with van der Waals surface area (Å²) in [5, 5.41) is 12.6. The SMILES string of the molecule is Cn1ccnc1-c1cc(C#N)ccc1-c1cc(NC(=O)c2cc(CN3CCC4(CC4)C3)cn(C3CC3)c2=O)nc(C2CC2)c1. The number of imidazole rings is 1. The topological polar surface area (TPSA) is 109 Å². The first-order valence-electron chi connectivity index (χ1n) is 15.7. The maximum Gasteiger partial charge on any atom is 0.263 e. The van der Waals surface area contributed by atoms with Crippen LogP contribution in [0.2, 0.25) is 0 Å². The average Bonchev–Trinajstić information content (AvgIpc) is 3.93. The Labute approximate surface area is 256 Å². The molecule has 4 fully saturated rings. The number of benzene rings is 1. The molecule has 44 heavy (non-hydrogen) atoms. The number of nitrogens with one attached hydrogen (secondary N) is 1. The van der Waals surface area contributed by atoms with Gasteiger partial charge in [-0.05, 0) is 104 Å². The Hall–Kier alpha value is -4.55. The number of aromatic nitrogens is 4. The summed E-state index contributed by atoms with van der Waals surface area (Å²) in [5.74, 6) is 1.08. The molecule has 9 nitrogen and oxygen atoms in total. The van der Waals surface area contributed by atoms with Gasteiger partial charge in [0.1, 0.15) is 17.2 Å². The number of anilines is 1. The summed E-state index contributed by atoms with van der Waals surface area (Å²) in [6.45, 7) is 2.93. The molecule has 1 amide bonds. The number of hydrogen-bond acceptors (Lipinski definition) is 6. The van der Waals surface area contributed by atoms with Crippen molar-refractivity contribution in [1.29, 1.82) is 5.26 Å². The number of hydrogen-bond donors (Lipinski definition) is 1. The van der Waals surface area contributed by atoms with Gasteiger partial charge in [-0.3, -0.25) is 14.5 Å². The van der Waals surface area contributed by atoms with Gasteiger partial charge >= 0.3 is 0 Å². The highest BCUT2D eigenvalue weighted by molar-refractivity contribution is 6.04. The molecule has 3 aliphatic carbocycles. The zero-order valence-corrected chi connectivity index (χ0v) is 24.9. The van der Waals surface area contributed by atoms with Crippen LogP contribution in [-0.2, 0) is 13.6 Å². The van der Waals surface area contributed by atoms with Gasteiger partial charge in [0.25, 0.3) is 11.5 Å². The number of pyridine rings is 2. The largest absolute Gasteiger partial charge is 0.334 e. The number of amides is 1. The molecule has 1 aliphatic heterocycles. The van der Waals surface area contributed by atoms with Gasteiger partial charge in [-0.2, -0.15) is 5.26 Å². The van der Waals surface area contributed by atoms with Gasteiger partial charge in [0.15, 0.2) is 0 Å². The molecule has 1 aromatic carbocycles. The van der Waals surface area contributed by atoms with Gasteiger partial charge in [-0.15, -0.1) is 0 Å². The van der Waals surface area contributed by atoms with Crippen LogP contribution < -0.4 is 10.9 Å². The van der Waals surface area contributed by atoms with Crippen LogP contribution in [0.15, 0.2) is 59.8 Å². The molecule has 4 heterocycles. The molecule has 222 valence electrons. The van der Waals surface area contributed by atoms with E-state index < -0.39 is 5.91 Å². The minimum absolute atomic E-state index is 0.168. The van der Waals surface area contributed by atoms with Gasteiger partial charge in [-0.1, -0.05) is 6.07 Å². The molecule has 0 atom stereocenters. The molecule has 9 heteroatoms. The first-order valence-corrected chi connectivity index (χ1v) is 15.7. The Morgan fingerprint density at radius 1 is 1.09 bits per heavy atom. The number of nitriles is 1. The molecule has 1 N–H and O–H groups in total. The van der Waals surface area contributed by atoms with Gasteiger partial charge in [0, 0.05) is 61.9 Å². The van der Waals surface area contributed by atoms with E-state index in [1.54, 1.807) is 22.9 Å². The Balaban J connectivity index is 1.14. The first-order chi connectivity index (χ1) is 21.4. The van der Waals surface area contributed by atoms with E-state index >= 15 is 0 Å². The van der Waals surface area contributed by atoms with Gasteiger partial charge in [0.2, 0.25) is 0 Å². The molecule has 0 bridgehead atoms. The zero-order chi connectivity index (χ0) is 30.0. The van der Waals surface area contributed by atoms with E-state index in [0.717, 1.165) is 79.1 Å². The maximum absolute atomic E-state index is 13.8. The van der Waals surface area contributed by atoms with Crippen molar-refractivity contribution >= 4 is 11.7 Å². The summed E-state index contributed by atoms with van der Waals surface area (Å²) in [5.41, 5.74) is 5.53. The third-order valence-corrected chi connectivity index (χ3v) is 9.77. The third-order valence-electron chi connectivity index (χ3n) is 9.77. The molecule has 0 unspecified atom stereocenters. The van der Waals surface area contributed by atoms with E-state index in [-0.39, 0.29) is 17.2 Å². The number of carbonyl (C=O) groups excluding carboxylic acids is 1. The number of nitrogens with zero attached hydrogens (tertiary/aromatic N) is 6. The molecule has 3 saturated carbocycles. The van der Waals surface area contributed by atoms with Gasteiger partial charge < -0.3 is 14.5 Å². The molecule has 3 aromatic heterocycles. The fourth-order valence-electron chi connectivity index (χ4n) is 6.76. The molecular formula is C35H35N7O2. The predicted octanol–water partition coefficient (Wildman–Crippen LogP) is 5.63. The van der Waals surface area contributed by atoms with E-state index in [1.807, 2.05) is 42.2 Å². The van der Waals surface area contributed by atoms with Crippen molar-refractivity contribution < 1.29 is 4.79 Å². The summed E-state index contributed by atoms with van der Waals surface area (Å²) in [6, 6.07) is 13.7. The van der Waals surface area contributed by atoms with Crippen LogP contribution in [0.5, 0.6) is 0 Å². The third kappa shape index (κ3) is 5.13. The lowest BCUT2D eigenvalue weighted by Gasteiger charge is -2.18. The maximum atomic E-state index is 13.8. The van der Waals surface area contributed by atoms with Crippen molar-refractivity contribution in [2.45, 2.75) is 63.5 Å². The van der Waals surface area contributed by atoms with Crippen LogP contribution in [0, 0.1) is 16.7 Å². The van der Waals surface area contributed by atoms with Crippen LogP contribution in [0.3, 0.4) is 0 Å². The number of aryl methyl sites for hydroxylation is 1. The van der Waals surface area contributed by atoms with Crippen molar-refractivity contribution in [2.75, 3.05) is 18.4 Å². The zero-order valence-electron chi connectivity index (χ0n) is 24.9. The quantitative estimate of drug-likeness (QED) is 0.287. The lowest BCUT2D eigenvalue weighted by Crippen LogP contribution is -2.30. The molecule has 4 aromatic rings. The highest BCUT2D eigenvalue weighted by atomic mass is 16.2. The predicted molar refractivity (Wildman–Crippen MR) is 167 cm³/mol. The van der Waals surface area contributed by atoms with Crippen molar-refractivity contribution in [3.05, 3.63) is 87.7 Å². The Morgan fingerprint density at radius 2 is 1.93 bits per heavy atom. The summed E-state index contributed by atoms with van der Waals surface area (Å²) >= 11 is 0. The van der Waals surface area contributed by atoms with E-state index in [2.05, 4.69) is 27.3 Å². The van der Waals surface area contributed by atoms with Crippen molar-refractivity contribution in [3.63, 3.8) is 0 Å². The normalized spacial score (nSPS) is 18.8. The summed E-state index contributed by atoms with van der Waals surface area (Å²) < 4.78 is 3.71. The molecular weight excluding hydrogens is 550 g/mol. The highest BCUT2D eigenvalue weighted by Crippen LogP contribution is 2.52. The molecule has 1 saturated heterocycles. The number of rotatable bonds is 8. The standard InChI is InChI=1S/C35H35N7O2/c1-40-13-11-37-32(40)28-14-22(18-36)2-7-27(28)25-16-30(24-3-4-24)38-31(17-25)39-33(43)29-15-23(20-42(34(29)44)26-5-6-26)19-41-12-10-35(21-41)8-9-35/h2,7,11,13-17,20,24,26H,3-6,8-10,12,19,21H2,1H3,(H,38,39,43). The molecule has 4 aliphatic rings. The number of likely N-dealkylation sites (tertiary alicyclic amines) is 1. The summed E-state index contributed by atoms with van der Waals surface area (Å²) in [6.07, 6.45) is 13.5. The molecule has 0 radical (unpaired) electrons. The van der Waals surface area contributed by atoms with Crippen molar-refractivity contribution in [2.24, 2.45) is 12.5 Å². The van der Waals surface area contributed by atoms with Gasteiger partial charge in [-0.25, -0.2) is 9.97 Å². The van der Waals surface area contributed by atoms with Crippen LogP contribution in [0.4, 0.5) is 5.82 Å². The van der Waals surface area contributed by atoms with Crippen molar-refractivity contribution in [3.8, 4) is 28.6 Å². The van der Waals surface area contributed by atoms with Crippen molar-refractivity contribution in [1.82, 2.24) is 24.0 Å². The Bertz CT molecular complexity index is 1900. The van der Waals surface area contributed by atoms with Crippen LogP contribution in [0.1, 0.15) is 84.1 Å². The summed E-state index contributed by atoms with van der Waals surface area (Å²) in [7, 11) is 1.93. The second-order valence-electron chi connectivity index (χ2n) is 13.3. The highest BCUT2D eigenvalue weighted by Gasteiger charge is 2.47. The van der Waals surface area contributed by atoms with E-state index in [0.29, 0.717) is 22.7 Å². The lowest BCUT2D eigenvalue weighted by molar-refractivity contribution is 0.102. The first kappa shape index (κ1) is 27.0. The second kappa shape index (κ2) is 10.3. The number of carbonyl (C=O) groups is 1. The monoisotopic (exact) mass is 585 g/mol. The second-order valence-corrected chi connectivity index (χ2v) is 13.3. The summed E-state index contributed by atoms with van der Waals surface area (Å²) in [4.78, 5) is 39.2. The smallest absolute Gasteiger partial charge is 0.263 e. The van der Waals surface area contributed by atoms with E-state index in [4.69, 9.17) is 4.98 Å². The van der Waals surface area contributed by atoms with E-state index in [9.17, 15) is 14.9 Å². The average molecular weight is 586 g/mol. The van der Waals surface area contributed by atoms with Gasteiger partial charge in [0.05, 0.1) is 11.6 Å². The minimum Gasteiger partial charge on any atom is -0.334 e. The Morgan fingerprint density at radius 3 is 2.61 bits per heavy atom. The molecule has 8 rings (SSSR count). The van der Waals surface area contributed by atoms with E-state index in [1.165, 1.54) is 19.3 Å². The van der Waals surface area contributed by atoms with Crippen LogP contribution >= 0.6 is 0 Å². The lowest BCUT2D eigenvalue weighted by atomic mass is 9.96. The Kier molecular flexibility index (Phi) is 6.31. The van der Waals surface area contributed by atoms with Crippen LogP contribution in [0.25, 0.3) is 22.5 Å². The minimum atomic E-state index is -0.429. The molecule has 1 spiro atoms.